The summed E-state index contributed by atoms with van der Waals surface area (Å²) in [5, 5.41) is 4.14. The number of nitrogens with two attached hydrogens (primary N) is 1. The predicted molar refractivity (Wildman–Crippen MR) is 58.9 cm³/mol. The fourth-order valence-corrected chi connectivity index (χ4v) is 2.03. The smallest absolute Gasteiger partial charge is 0.359 e. The van der Waals surface area contributed by atoms with Gasteiger partial charge in [0.2, 0.25) is 0 Å². The van der Waals surface area contributed by atoms with Gasteiger partial charge in [0.1, 0.15) is 0 Å². The van der Waals surface area contributed by atoms with Gasteiger partial charge < -0.3 is 10.5 Å². The molecule has 1 heterocycles. The first kappa shape index (κ1) is 11.1. The SMILES string of the molecule is CCOC(=O)c1nn(C)cc1C1(N)CCC1. The van der Waals surface area contributed by atoms with Crippen LogP contribution in [0.3, 0.4) is 0 Å². The maximum absolute atomic E-state index is 11.7. The molecule has 5 nitrogen and oxygen atoms in total. The Labute approximate surface area is 94.6 Å². The van der Waals surface area contributed by atoms with Crippen LogP contribution in [0.1, 0.15) is 42.2 Å². The van der Waals surface area contributed by atoms with Crippen LogP contribution in [0.2, 0.25) is 0 Å². The quantitative estimate of drug-likeness (QED) is 0.774. The third-order valence-corrected chi connectivity index (χ3v) is 3.08. The van der Waals surface area contributed by atoms with Crippen LogP contribution in [-0.2, 0) is 17.3 Å². The van der Waals surface area contributed by atoms with Crippen LogP contribution in [0.5, 0.6) is 0 Å². The molecule has 1 saturated carbocycles. The molecule has 5 heteroatoms. The zero-order valence-electron chi connectivity index (χ0n) is 9.69. The lowest BCUT2D eigenvalue weighted by atomic mass is 9.73. The Balaban J connectivity index is 2.34. The van der Waals surface area contributed by atoms with Crippen molar-refractivity contribution in [3.05, 3.63) is 17.5 Å². The van der Waals surface area contributed by atoms with Gasteiger partial charge in [0.05, 0.1) is 6.61 Å². The molecule has 0 bridgehead atoms. The van der Waals surface area contributed by atoms with Crippen molar-refractivity contribution in [1.29, 1.82) is 0 Å². The maximum Gasteiger partial charge on any atom is 0.359 e. The number of carbonyl (C=O) groups is 1. The minimum absolute atomic E-state index is 0.354. The Bertz CT molecular complexity index is 407. The highest BCUT2D eigenvalue weighted by Crippen LogP contribution is 2.39. The van der Waals surface area contributed by atoms with E-state index in [0.717, 1.165) is 24.8 Å². The summed E-state index contributed by atoms with van der Waals surface area (Å²) >= 11 is 0. The Morgan fingerprint density at radius 2 is 2.38 bits per heavy atom. The van der Waals surface area contributed by atoms with E-state index in [1.807, 2.05) is 6.20 Å². The summed E-state index contributed by atoms with van der Waals surface area (Å²) in [7, 11) is 1.79. The second kappa shape index (κ2) is 3.90. The summed E-state index contributed by atoms with van der Waals surface area (Å²) in [6.07, 6.45) is 4.75. The van der Waals surface area contributed by atoms with E-state index >= 15 is 0 Å². The lowest BCUT2D eigenvalue weighted by molar-refractivity contribution is 0.0513. The van der Waals surface area contributed by atoms with E-state index in [-0.39, 0.29) is 11.5 Å². The monoisotopic (exact) mass is 223 g/mol. The minimum Gasteiger partial charge on any atom is -0.461 e. The van der Waals surface area contributed by atoms with Crippen molar-refractivity contribution < 1.29 is 9.53 Å². The number of hydrogen-bond donors (Lipinski definition) is 1. The van der Waals surface area contributed by atoms with Crippen molar-refractivity contribution in [2.45, 2.75) is 31.7 Å². The number of ether oxygens (including phenoxy) is 1. The van der Waals surface area contributed by atoms with Gasteiger partial charge in [-0.25, -0.2) is 4.79 Å². The van der Waals surface area contributed by atoms with Crippen molar-refractivity contribution in [2.75, 3.05) is 6.61 Å². The number of rotatable bonds is 3. The number of aromatic nitrogens is 2. The maximum atomic E-state index is 11.7. The first-order valence-electron chi connectivity index (χ1n) is 5.57. The van der Waals surface area contributed by atoms with E-state index in [1.54, 1.807) is 18.7 Å². The Hall–Kier alpha value is -1.36. The number of esters is 1. The van der Waals surface area contributed by atoms with Crippen LogP contribution in [0.25, 0.3) is 0 Å². The summed E-state index contributed by atoms with van der Waals surface area (Å²) < 4.78 is 6.59. The molecule has 16 heavy (non-hydrogen) atoms. The zero-order valence-corrected chi connectivity index (χ0v) is 9.69. The van der Waals surface area contributed by atoms with Gasteiger partial charge in [-0.3, -0.25) is 4.68 Å². The molecule has 1 aliphatic rings. The fourth-order valence-electron chi connectivity index (χ4n) is 2.03. The second-order valence-electron chi connectivity index (χ2n) is 4.30. The van der Waals surface area contributed by atoms with Gasteiger partial charge in [0.15, 0.2) is 5.69 Å². The highest BCUT2D eigenvalue weighted by Gasteiger charge is 2.39. The summed E-state index contributed by atoms with van der Waals surface area (Å²) in [4.78, 5) is 11.7. The van der Waals surface area contributed by atoms with Crippen LogP contribution in [0.15, 0.2) is 6.20 Å². The largest absolute Gasteiger partial charge is 0.461 e. The van der Waals surface area contributed by atoms with Crippen LogP contribution in [0.4, 0.5) is 0 Å². The van der Waals surface area contributed by atoms with Gasteiger partial charge in [-0.05, 0) is 26.2 Å². The number of aryl methyl sites for hydroxylation is 1. The Morgan fingerprint density at radius 1 is 1.69 bits per heavy atom. The first-order chi connectivity index (χ1) is 7.57. The molecule has 0 amide bonds. The molecule has 0 radical (unpaired) electrons. The van der Waals surface area contributed by atoms with Gasteiger partial charge in [-0.2, -0.15) is 5.10 Å². The standard InChI is InChI=1S/C11H17N3O2/c1-3-16-10(15)9-8(7-14(2)13-9)11(12)5-4-6-11/h7H,3-6,12H2,1-2H3. The van der Waals surface area contributed by atoms with Crippen LogP contribution >= 0.6 is 0 Å². The molecule has 0 spiro atoms. The molecule has 1 fully saturated rings. The van der Waals surface area contributed by atoms with Crippen LogP contribution in [0, 0.1) is 0 Å². The lowest BCUT2D eigenvalue weighted by Crippen LogP contribution is -2.44. The first-order valence-corrected chi connectivity index (χ1v) is 5.57. The molecule has 0 saturated heterocycles. The highest BCUT2D eigenvalue weighted by atomic mass is 16.5. The van der Waals surface area contributed by atoms with Gasteiger partial charge >= 0.3 is 5.97 Å². The van der Waals surface area contributed by atoms with E-state index in [4.69, 9.17) is 10.5 Å². The normalized spacial score (nSPS) is 17.9. The average Bonchev–Trinajstić information content (AvgIpc) is 2.57. The molecule has 0 unspecified atom stereocenters. The zero-order chi connectivity index (χ0) is 11.8. The molecule has 2 rings (SSSR count). The number of nitrogens with zero attached hydrogens (tertiary/aromatic N) is 2. The topological polar surface area (TPSA) is 70.1 Å². The van der Waals surface area contributed by atoms with E-state index in [9.17, 15) is 4.79 Å². The van der Waals surface area contributed by atoms with Crippen molar-refractivity contribution >= 4 is 5.97 Å². The summed E-state index contributed by atoms with van der Waals surface area (Å²) in [5.74, 6) is -0.380. The summed E-state index contributed by atoms with van der Waals surface area (Å²) in [6, 6.07) is 0. The van der Waals surface area contributed by atoms with Crippen molar-refractivity contribution in [1.82, 2.24) is 9.78 Å². The van der Waals surface area contributed by atoms with E-state index in [2.05, 4.69) is 5.10 Å². The Kier molecular flexibility index (Phi) is 2.71. The lowest BCUT2D eigenvalue weighted by Gasteiger charge is -2.37. The van der Waals surface area contributed by atoms with Gasteiger partial charge in [-0.15, -0.1) is 0 Å². The minimum atomic E-state index is -0.380. The van der Waals surface area contributed by atoms with Crippen molar-refractivity contribution in [3.8, 4) is 0 Å². The molecule has 0 atom stereocenters. The predicted octanol–water partition coefficient (Wildman–Crippen LogP) is 0.935. The van der Waals surface area contributed by atoms with Gasteiger partial charge in [-0.1, -0.05) is 0 Å². The molecule has 2 N–H and O–H groups in total. The van der Waals surface area contributed by atoms with E-state index in [1.165, 1.54) is 0 Å². The van der Waals surface area contributed by atoms with Crippen LogP contribution < -0.4 is 5.73 Å². The Morgan fingerprint density at radius 3 is 2.88 bits per heavy atom. The molecule has 0 aliphatic heterocycles. The van der Waals surface area contributed by atoms with Crippen molar-refractivity contribution in [2.24, 2.45) is 12.8 Å². The fraction of sp³-hybridized carbons (Fsp3) is 0.636. The molecule has 0 aromatic carbocycles. The van der Waals surface area contributed by atoms with E-state index in [0.29, 0.717) is 12.3 Å². The number of hydrogen-bond acceptors (Lipinski definition) is 4. The molecule has 88 valence electrons. The number of carbonyl (C=O) groups excluding carboxylic acids is 1. The highest BCUT2D eigenvalue weighted by molar-refractivity contribution is 5.89. The van der Waals surface area contributed by atoms with Crippen molar-refractivity contribution in [3.63, 3.8) is 0 Å². The molecule has 1 aliphatic carbocycles. The molecular weight excluding hydrogens is 206 g/mol. The third-order valence-electron chi connectivity index (χ3n) is 3.08. The van der Waals surface area contributed by atoms with Gasteiger partial charge in [0, 0.05) is 24.3 Å². The van der Waals surface area contributed by atoms with Crippen LogP contribution in [-0.4, -0.2) is 22.4 Å². The molecule has 1 aromatic rings. The van der Waals surface area contributed by atoms with E-state index < -0.39 is 0 Å². The molecular formula is C11H17N3O2. The summed E-state index contributed by atoms with van der Waals surface area (Å²) in [6.45, 7) is 2.13. The third kappa shape index (κ3) is 1.71. The second-order valence-corrected chi connectivity index (χ2v) is 4.30. The summed E-state index contributed by atoms with van der Waals surface area (Å²) in [5.41, 5.74) is 7.02. The average molecular weight is 223 g/mol. The molecule has 1 aromatic heterocycles. The van der Waals surface area contributed by atoms with Gasteiger partial charge in [0.25, 0.3) is 0 Å².